The highest BCUT2D eigenvalue weighted by atomic mass is 16.7. The number of aliphatic hydroxyl groups is 1. The van der Waals surface area contributed by atoms with Gasteiger partial charge in [0.1, 0.15) is 12.0 Å². The van der Waals surface area contributed by atoms with Crippen molar-refractivity contribution in [2.45, 2.75) is 123 Å². The minimum absolute atomic E-state index is 0.0170. The fourth-order valence-electron chi connectivity index (χ4n) is 8.33. The van der Waals surface area contributed by atoms with Gasteiger partial charge in [0.05, 0.1) is 48.2 Å². The Kier molecular flexibility index (Phi) is 16.6. The Hall–Kier alpha value is -3.23. The van der Waals surface area contributed by atoms with Gasteiger partial charge in [0.2, 0.25) is 0 Å². The van der Waals surface area contributed by atoms with Crippen molar-refractivity contribution < 1.29 is 47.9 Å². The Bertz CT molecular complexity index is 1540. The summed E-state index contributed by atoms with van der Waals surface area (Å²) in [7, 11) is 5.45. The molecule has 0 bridgehead atoms. The molecule has 2 aliphatic heterocycles. The number of hydrogen-bond acceptors (Lipinski definition) is 12. The summed E-state index contributed by atoms with van der Waals surface area (Å²) in [5.41, 5.74) is -1.26. The summed E-state index contributed by atoms with van der Waals surface area (Å²) >= 11 is 0. The normalized spacial score (nSPS) is 31.4. The molecule has 2 heterocycles. The maximum absolute atomic E-state index is 14.7. The summed E-state index contributed by atoms with van der Waals surface area (Å²) in [6.45, 7) is 14.3. The number of aliphatic hydroxyl groups excluding tert-OH is 1. The smallest absolute Gasteiger partial charge is 0.338 e. The molecule has 10 atom stereocenters. The van der Waals surface area contributed by atoms with E-state index < -0.39 is 59.5 Å². The van der Waals surface area contributed by atoms with Crippen molar-refractivity contribution in [3.63, 3.8) is 0 Å². The first-order chi connectivity index (χ1) is 26.6. The lowest BCUT2D eigenvalue weighted by molar-refractivity contribution is -0.295. The molecule has 0 spiro atoms. The predicted molar refractivity (Wildman–Crippen MR) is 213 cm³/mol. The Morgan fingerprint density at radius 2 is 1.66 bits per heavy atom. The summed E-state index contributed by atoms with van der Waals surface area (Å²) in [5, 5.41) is 10.2. The molecule has 4 rings (SSSR count). The van der Waals surface area contributed by atoms with E-state index >= 15 is 0 Å². The van der Waals surface area contributed by atoms with E-state index in [4.69, 9.17) is 28.4 Å². The van der Waals surface area contributed by atoms with Crippen molar-refractivity contribution in [3.05, 3.63) is 71.8 Å². The number of cyclic esters (lactones) is 1. The molecule has 312 valence electrons. The van der Waals surface area contributed by atoms with E-state index in [1.165, 1.54) is 0 Å². The van der Waals surface area contributed by atoms with E-state index in [9.17, 15) is 19.5 Å². The van der Waals surface area contributed by atoms with Crippen LogP contribution in [0.3, 0.4) is 0 Å². The number of rotatable bonds is 13. The summed E-state index contributed by atoms with van der Waals surface area (Å²) in [6, 6.07) is 17.9. The van der Waals surface area contributed by atoms with Gasteiger partial charge in [0.25, 0.3) is 0 Å². The van der Waals surface area contributed by atoms with Crippen LogP contribution in [0, 0.1) is 17.3 Å². The molecule has 2 aromatic rings. The molecule has 0 aliphatic carbocycles. The van der Waals surface area contributed by atoms with Crippen molar-refractivity contribution in [1.82, 2.24) is 9.80 Å². The molecule has 12 heteroatoms. The molecule has 2 aliphatic rings. The predicted octanol–water partition coefficient (Wildman–Crippen LogP) is 5.54. The second kappa shape index (κ2) is 20.5. The number of likely N-dealkylation sites (N-methyl/N-ethyl adjacent to an activating group) is 2. The number of carbonyl (C=O) groups excluding carboxylic acids is 3. The van der Waals surface area contributed by atoms with Crippen LogP contribution in [0.15, 0.2) is 60.7 Å². The van der Waals surface area contributed by atoms with Gasteiger partial charge < -0.3 is 38.4 Å². The van der Waals surface area contributed by atoms with Gasteiger partial charge in [-0.15, -0.1) is 0 Å². The molecule has 2 aromatic carbocycles. The Labute approximate surface area is 334 Å². The van der Waals surface area contributed by atoms with Crippen molar-refractivity contribution in [3.8, 4) is 0 Å². The van der Waals surface area contributed by atoms with E-state index in [2.05, 4.69) is 11.8 Å². The first-order valence-corrected chi connectivity index (χ1v) is 20.1. The van der Waals surface area contributed by atoms with Crippen LogP contribution in [-0.2, 0) is 44.6 Å². The van der Waals surface area contributed by atoms with Crippen molar-refractivity contribution in [2.75, 3.05) is 47.5 Å². The molecule has 2 saturated heterocycles. The second-order valence-electron chi connectivity index (χ2n) is 16.6. The monoisotopic (exact) mass is 782 g/mol. The van der Waals surface area contributed by atoms with E-state index in [1.54, 1.807) is 52.1 Å². The maximum atomic E-state index is 14.7. The van der Waals surface area contributed by atoms with Crippen molar-refractivity contribution in [2.24, 2.45) is 17.3 Å². The number of esters is 2. The molecule has 0 aromatic heterocycles. The molecule has 0 radical (unpaired) electrons. The first kappa shape index (κ1) is 45.5. The fraction of sp³-hybridized carbons (Fsp3) is 0.659. The molecule has 1 N–H and O–H groups in total. The highest BCUT2D eigenvalue weighted by molar-refractivity contribution is 6.04. The van der Waals surface area contributed by atoms with Crippen molar-refractivity contribution >= 4 is 17.7 Å². The van der Waals surface area contributed by atoms with E-state index in [0.29, 0.717) is 44.5 Å². The average molecular weight is 783 g/mol. The summed E-state index contributed by atoms with van der Waals surface area (Å²) < 4.78 is 38.5. The van der Waals surface area contributed by atoms with Crippen LogP contribution in [0.4, 0.5) is 0 Å². The summed E-state index contributed by atoms with van der Waals surface area (Å²) in [6.07, 6.45) is -2.21. The number of ketones is 1. The van der Waals surface area contributed by atoms with E-state index in [1.807, 2.05) is 76.2 Å². The zero-order valence-electron chi connectivity index (χ0n) is 35.1. The standard InChI is InChI=1S/C44H66N2O10/c1-11-46-26-29(2)25-44(7,51-10)39(56-41-37(34(45(8)9)24-30(3)54-41)55-40(49)33-20-16-13-17-21-33)31(4)38(48)43(5,6)42(50)53-28-35(46)36(22-23-47)52-27-32-18-14-12-15-19-32/h12-21,29-31,34-37,39,41,47H,11,22-28H2,1-10H3/t29-,30-,31+,34+,35+,36-,37-,39-,41+,44-/m1/s1. The van der Waals surface area contributed by atoms with Gasteiger partial charge in [-0.25, -0.2) is 4.79 Å². The highest BCUT2D eigenvalue weighted by Gasteiger charge is 2.52. The van der Waals surface area contributed by atoms with Crippen LogP contribution < -0.4 is 0 Å². The van der Waals surface area contributed by atoms with Crippen molar-refractivity contribution in [1.29, 1.82) is 0 Å². The largest absolute Gasteiger partial charge is 0.463 e. The molecule has 0 saturated carbocycles. The first-order valence-electron chi connectivity index (χ1n) is 20.1. The van der Waals surface area contributed by atoms with Crippen LogP contribution in [-0.4, -0.2) is 129 Å². The third-order valence-electron chi connectivity index (χ3n) is 11.6. The number of benzene rings is 2. The van der Waals surface area contributed by atoms with Crippen LogP contribution in [0.5, 0.6) is 0 Å². The zero-order chi connectivity index (χ0) is 41.2. The quantitative estimate of drug-likeness (QED) is 0.202. The number of hydrogen-bond donors (Lipinski definition) is 1. The Morgan fingerprint density at radius 1 is 1.02 bits per heavy atom. The molecular weight excluding hydrogens is 716 g/mol. The van der Waals surface area contributed by atoms with Gasteiger partial charge in [-0.3, -0.25) is 14.5 Å². The SMILES string of the molecule is CCN1C[C@H](C)C[C@@](C)(OC)[C@H](O[C@@H]2O[C@H](C)C[C@H](N(C)C)[C@H]2OC(=O)c2ccccc2)[C@@H](C)C(=O)C(C)(C)C(=O)OC[C@H]1[C@@H](CCO)OCc1ccccc1. The van der Waals surface area contributed by atoms with Crippen LogP contribution in [0.1, 0.15) is 83.7 Å². The van der Waals surface area contributed by atoms with Gasteiger partial charge in [-0.05, 0) is 91.2 Å². The molecule has 12 nitrogen and oxygen atoms in total. The summed E-state index contributed by atoms with van der Waals surface area (Å²) in [5.74, 6) is -2.46. The maximum Gasteiger partial charge on any atom is 0.338 e. The van der Waals surface area contributed by atoms with E-state index in [0.717, 1.165) is 5.56 Å². The number of Topliss-reactive ketones (excluding diaryl/α,β-unsaturated/α-hetero) is 1. The minimum atomic E-state index is -1.57. The van der Waals surface area contributed by atoms with Gasteiger partial charge in [-0.1, -0.05) is 69.3 Å². The summed E-state index contributed by atoms with van der Waals surface area (Å²) in [4.78, 5) is 46.4. The van der Waals surface area contributed by atoms with Crippen LogP contribution in [0.2, 0.25) is 0 Å². The Morgan fingerprint density at radius 3 is 2.25 bits per heavy atom. The van der Waals surface area contributed by atoms with Gasteiger partial charge in [0, 0.05) is 26.2 Å². The molecular formula is C44H66N2O10. The second-order valence-corrected chi connectivity index (χ2v) is 16.6. The van der Waals surface area contributed by atoms with Gasteiger partial charge in [0.15, 0.2) is 18.2 Å². The number of carbonyl (C=O) groups is 3. The third-order valence-corrected chi connectivity index (χ3v) is 11.6. The fourth-order valence-corrected chi connectivity index (χ4v) is 8.33. The van der Waals surface area contributed by atoms with Gasteiger partial charge in [-0.2, -0.15) is 0 Å². The van der Waals surface area contributed by atoms with Crippen LogP contribution in [0.25, 0.3) is 0 Å². The highest BCUT2D eigenvalue weighted by Crippen LogP contribution is 2.39. The molecule has 56 heavy (non-hydrogen) atoms. The zero-order valence-corrected chi connectivity index (χ0v) is 35.1. The van der Waals surface area contributed by atoms with Gasteiger partial charge >= 0.3 is 11.9 Å². The van der Waals surface area contributed by atoms with E-state index in [-0.39, 0.29) is 37.1 Å². The number of methoxy groups -OCH3 is 1. The molecule has 2 fully saturated rings. The number of ether oxygens (including phenoxy) is 6. The topological polar surface area (TPSA) is 133 Å². The lowest BCUT2D eigenvalue weighted by Crippen LogP contribution is -2.60. The minimum Gasteiger partial charge on any atom is -0.463 e. The molecule has 0 amide bonds. The lowest BCUT2D eigenvalue weighted by Gasteiger charge is -2.48. The third kappa shape index (κ3) is 11.2. The molecule has 0 unspecified atom stereocenters. The average Bonchev–Trinajstić information content (AvgIpc) is 3.18. The number of nitrogens with zero attached hydrogens (tertiary/aromatic N) is 2. The lowest BCUT2D eigenvalue weighted by atomic mass is 9.74. The Balaban J connectivity index is 1.73. The van der Waals surface area contributed by atoms with Crippen LogP contribution >= 0.6 is 0 Å².